The van der Waals surface area contributed by atoms with Crippen molar-refractivity contribution < 1.29 is 21.8 Å². The van der Waals surface area contributed by atoms with Crippen molar-refractivity contribution >= 4 is 41.7 Å². The molecule has 1 amide bonds. The van der Waals surface area contributed by atoms with E-state index in [9.17, 15) is 13.6 Å². The fourth-order valence-corrected chi connectivity index (χ4v) is 3.21. The molecule has 1 rings (SSSR count). The third-order valence-electron chi connectivity index (χ3n) is 1.70. The molecule has 0 aliphatic heterocycles. The Morgan fingerprint density at radius 3 is 2.44 bits per heavy atom. The number of amides is 1. The average molecular weight is 310 g/mol. The molecule has 0 fully saturated rings. The number of hydrogen-bond acceptors (Lipinski definition) is 3. The molecule has 88 valence electrons. The van der Waals surface area contributed by atoms with Gasteiger partial charge in [-0.3, -0.25) is 0 Å². The molecule has 6 nitrogen and oxygen atoms in total. The van der Waals surface area contributed by atoms with Crippen LogP contribution in [-0.4, -0.2) is 33.4 Å². The molecule has 0 saturated heterocycles. The molecule has 8 heteroatoms. The van der Waals surface area contributed by atoms with Crippen LogP contribution in [0.4, 0.5) is 5.69 Å². The van der Waals surface area contributed by atoms with Crippen molar-refractivity contribution in [2.75, 3.05) is 5.32 Å². The van der Waals surface area contributed by atoms with E-state index in [1.54, 1.807) is 0 Å². The van der Waals surface area contributed by atoms with E-state index in [4.69, 9.17) is 19.8 Å². The van der Waals surface area contributed by atoms with E-state index in [0.29, 0.717) is 0 Å². The van der Waals surface area contributed by atoms with Gasteiger partial charge in [0.1, 0.15) is 0 Å². The molecule has 0 saturated carbocycles. The first-order chi connectivity index (χ1) is 7.23. The van der Waals surface area contributed by atoms with Crippen LogP contribution in [0.1, 0.15) is 6.92 Å². The molecule has 0 aliphatic rings. The van der Waals surface area contributed by atoms with Gasteiger partial charge in [-0.25, -0.2) is 0 Å². The van der Waals surface area contributed by atoms with E-state index in [-0.39, 0.29) is 10.7 Å². The van der Waals surface area contributed by atoms with E-state index in [0.717, 1.165) is 0 Å². The van der Waals surface area contributed by atoms with Crippen LogP contribution in [0.2, 0.25) is 5.02 Å². The zero-order valence-electron chi connectivity index (χ0n) is 8.14. The summed E-state index contributed by atoms with van der Waals surface area (Å²) in [4.78, 5) is 10.8. The average Bonchev–Trinajstić information content (AvgIpc) is 2.08. The maximum absolute atomic E-state index is 11.2. The Bertz CT molecular complexity index is 484. The molecular weight excluding hydrogens is 300 g/mol. The quantitative estimate of drug-likeness (QED) is 0.554. The number of anilines is 1. The molecule has 0 bridgehead atoms. The summed E-state index contributed by atoms with van der Waals surface area (Å²) in [6, 6.07) is 2.45. The first kappa shape index (κ1) is 13.1. The van der Waals surface area contributed by atoms with Gasteiger partial charge in [0.15, 0.2) is 0 Å². The molecule has 1 aromatic carbocycles. The zero-order chi connectivity index (χ0) is 12.5. The number of hydrogen-bond donors (Lipinski definition) is 4. The molecule has 0 atom stereocenters. The summed E-state index contributed by atoms with van der Waals surface area (Å²) >= 11 is 0.163. The van der Waals surface area contributed by atoms with E-state index >= 15 is 0 Å². The van der Waals surface area contributed by atoms with Crippen LogP contribution in [0.3, 0.4) is 0 Å². The number of carbonyl (C=O) groups excluding carboxylic acids is 1. The topological polar surface area (TPSA) is 107 Å². The number of halogens is 1. The van der Waals surface area contributed by atoms with Crippen molar-refractivity contribution in [2.45, 2.75) is 6.92 Å². The molecule has 0 heterocycles. The molecule has 0 aromatic heterocycles. The van der Waals surface area contributed by atoms with Crippen LogP contribution >= 0.6 is 11.6 Å². The number of rotatable bonds is 2. The summed E-state index contributed by atoms with van der Waals surface area (Å²) in [6.45, 7) is 1.18. The number of aromatic hydroxyl groups is 1. The van der Waals surface area contributed by atoms with Crippen LogP contribution in [0.5, 0.6) is 5.75 Å². The molecule has 16 heavy (non-hydrogen) atoms. The van der Waals surface area contributed by atoms with E-state index in [2.05, 4.69) is 5.32 Å². The second-order valence-electron chi connectivity index (χ2n) is 3.02. The van der Waals surface area contributed by atoms with Gasteiger partial charge in [-0.1, -0.05) is 0 Å². The number of phenols is 1. The number of phenolic OH excluding ortho intramolecular Hbond substituents is 1. The first-order valence-electron chi connectivity index (χ1n) is 4.08. The molecule has 0 radical (unpaired) electrons. The van der Waals surface area contributed by atoms with Gasteiger partial charge in [0.25, 0.3) is 0 Å². The summed E-state index contributed by atoms with van der Waals surface area (Å²) in [6.07, 6.45) is 0. The van der Waals surface area contributed by atoms with Crippen molar-refractivity contribution in [2.24, 2.45) is 0 Å². The van der Waals surface area contributed by atoms with Crippen molar-refractivity contribution in [3.8, 4) is 5.75 Å². The summed E-state index contributed by atoms with van der Waals surface area (Å²) in [7, 11) is 0. The van der Waals surface area contributed by atoms with Crippen LogP contribution in [0.15, 0.2) is 12.1 Å². The SMILES string of the molecule is CC(=O)Nc1ccc(Cl)c(O)c1[As](=O)(O)O. The normalized spacial score (nSPS) is 11.2. The molecule has 0 spiro atoms. The molecule has 4 N–H and O–H groups in total. The van der Waals surface area contributed by atoms with Gasteiger partial charge in [0, 0.05) is 0 Å². The van der Waals surface area contributed by atoms with Gasteiger partial charge in [-0.2, -0.15) is 0 Å². The second-order valence-corrected chi connectivity index (χ2v) is 6.65. The second kappa shape index (κ2) is 4.51. The summed E-state index contributed by atoms with van der Waals surface area (Å²) in [5, 5.41) is 11.5. The van der Waals surface area contributed by atoms with Crippen molar-refractivity contribution in [1.82, 2.24) is 0 Å². The Morgan fingerprint density at radius 2 is 2.00 bits per heavy atom. The maximum atomic E-state index is 11.2. The van der Waals surface area contributed by atoms with E-state index < -0.39 is 30.2 Å². The van der Waals surface area contributed by atoms with Crippen LogP contribution < -0.4 is 9.67 Å². The fourth-order valence-electron chi connectivity index (χ4n) is 1.14. The summed E-state index contributed by atoms with van der Waals surface area (Å²) < 4.78 is 28.7. The van der Waals surface area contributed by atoms with Gasteiger partial charge in [-0.15, -0.1) is 0 Å². The third kappa shape index (κ3) is 2.80. The number of benzene rings is 1. The van der Waals surface area contributed by atoms with Crippen molar-refractivity contribution in [3.05, 3.63) is 17.2 Å². The van der Waals surface area contributed by atoms with Gasteiger partial charge in [0.2, 0.25) is 0 Å². The van der Waals surface area contributed by atoms with Gasteiger partial charge in [-0.05, 0) is 0 Å². The predicted octanol–water partition coefficient (Wildman–Crippen LogP) is -0.435. The van der Waals surface area contributed by atoms with Crippen molar-refractivity contribution in [1.29, 1.82) is 0 Å². The van der Waals surface area contributed by atoms with Crippen LogP contribution in [-0.2, 0) is 8.53 Å². The Kier molecular flexibility index (Phi) is 3.70. The molecule has 0 unspecified atom stereocenters. The van der Waals surface area contributed by atoms with E-state index in [1.165, 1.54) is 19.1 Å². The zero-order valence-corrected chi connectivity index (χ0v) is 10.8. The van der Waals surface area contributed by atoms with Gasteiger partial charge in [0.05, 0.1) is 0 Å². The number of carbonyl (C=O) groups is 1. The Hall–Kier alpha value is -0.942. The Labute approximate surface area is 98.9 Å². The first-order valence-corrected chi connectivity index (χ1v) is 7.84. The fraction of sp³-hybridized carbons (Fsp3) is 0.125. The minimum atomic E-state index is -5.37. The Balaban J connectivity index is 3.45. The van der Waals surface area contributed by atoms with Gasteiger partial charge < -0.3 is 0 Å². The summed E-state index contributed by atoms with van der Waals surface area (Å²) in [5.74, 6) is -1.22. The van der Waals surface area contributed by atoms with E-state index in [1.807, 2.05) is 0 Å². The van der Waals surface area contributed by atoms with Crippen molar-refractivity contribution in [3.63, 3.8) is 0 Å². The molecule has 1 aromatic rings. The van der Waals surface area contributed by atoms with Crippen LogP contribution in [0, 0.1) is 0 Å². The molecule has 0 aliphatic carbocycles. The third-order valence-corrected chi connectivity index (χ3v) is 4.18. The monoisotopic (exact) mass is 309 g/mol. The standard InChI is InChI=1S/C8H9AsClNO5/c1-4(12)11-6-3-2-5(10)8(13)7(6)9(14,15)16/h2-3,13H,1H3,(H,11,12)(H2,14,15,16). The van der Waals surface area contributed by atoms with Crippen LogP contribution in [0.25, 0.3) is 0 Å². The predicted molar refractivity (Wildman–Crippen MR) is 57.9 cm³/mol. The van der Waals surface area contributed by atoms with Gasteiger partial charge >= 0.3 is 98.7 Å². The molecular formula is C8H9AsClNO5. The Morgan fingerprint density at radius 1 is 1.44 bits per heavy atom. The minimum absolute atomic E-state index is 0.137. The number of nitrogens with one attached hydrogen (secondary N) is 1. The summed E-state index contributed by atoms with van der Waals surface area (Å²) in [5.41, 5.74) is -0.137.